The largest absolute Gasteiger partial charge is 0.494 e. The molecule has 6 heteroatoms. The second-order valence-corrected chi connectivity index (χ2v) is 6.84. The van der Waals surface area contributed by atoms with Crippen LogP contribution in [0.25, 0.3) is 0 Å². The van der Waals surface area contributed by atoms with Crippen molar-refractivity contribution in [2.75, 3.05) is 11.9 Å². The first-order valence-electron chi connectivity index (χ1n) is 9.28. The third kappa shape index (κ3) is 4.17. The van der Waals surface area contributed by atoms with Gasteiger partial charge < -0.3 is 20.7 Å². The quantitative estimate of drug-likeness (QED) is 0.735. The number of anilines is 1. The Kier molecular flexibility index (Phi) is 5.68. The Morgan fingerprint density at radius 2 is 1.82 bits per heavy atom. The number of benzene rings is 2. The summed E-state index contributed by atoms with van der Waals surface area (Å²) in [6.45, 7) is 8.15. The van der Waals surface area contributed by atoms with Crippen LogP contribution in [0.3, 0.4) is 0 Å². The van der Waals surface area contributed by atoms with Gasteiger partial charge in [0.15, 0.2) is 0 Å². The molecule has 0 aromatic heterocycles. The number of hydrogen-bond donors (Lipinski definition) is 3. The van der Waals surface area contributed by atoms with E-state index in [4.69, 9.17) is 4.74 Å². The van der Waals surface area contributed by atoms with Gasteiger partial charge in [-0.05, 0) is 62.6 Å². The van der Waals surface area contributed by atoms with E-state index < -0.39 is 6.04 Å². The maximum absolute atomic E-state index is 13.1. The van der Waals surface area contributed by atoms with Gasteiger partial charge in [-0.1, -0.05) is 24.3 Å². The summed E-state index contributed by atoms with van der Waals surface area (Å²) in [5, 5.41) is 8.53. The lowest BCUT2D eigenvalue weighted by molar-refractivity contribution is -0.113. The van der Waals surface area contributed by atoms with Gasteiger partial charge in [0.2, 0.25) is 0 Å². The second kappa shape index (κ2) is 8.17. The SMILES string of the molecule is CCOc1ccc(C2NC(=O)NC(C)=C2C(=O)Nc2cc(C)ccc2C)cc1. The van der Waals surface area contributed by atoms with Gasteiger partial charge in [-0.15, -0.1) is 0 Å². The number of carbonyl (C=O) groups is 2. The van der Waals surface area contributed by atoms with Crippen LogP contribution in [0.4, 0.5) is 10.5 Å². The molecule has 6 nitrogen and oxygen atoms in total. The molecule has 2 aromatic rings. The van der Waals surface area contributed by atoms with Gasteiger partial charge in [-0.3, -0.25) is 4.79 Å². The molecule has 2 aromatic carbocycles. The molecule has 0 saturated heterocycles. The number of amides is 3. The molecule has 1 atom stereocenters. The van der Waals surface area contributed by atoms with Crippen molar-refractivity contribution in [2.24, 2.45) is 0 Å². The molecule has 3 N–H and O–H groups in total. The van der Waals surface area contributed by atoms with E-state index in [2.05, 4.69) is 16.0 Å². The number of aryl methyl sites for hydroxylation is 2. The summed E-state index contributed by atoms with van der Waals surface area (Å²) in [7, 11) is 0. The Labute approximate surface area is 165 Å². The summed E-state index contributed by atoms with van der Waals surface area (Å²) in [6.07, 6.45) is 0. The van der Waals surface area contributed by atoms with Gasteiger partial charge in [0.1, 0.15) is 5.75 Å². The maximum atomic E-state index is 13.1. The van der Waals surface area contributed by atoms with Crippen molar-refractivity contribution < 1.29 is 14.3 Å². The molecular formula is C22H25N3O3. The van der Waals surface area contributed by atoms with Gasteiger partial charge in [0.05, 0.1) is 18.2 Å². The Hall–Kier alpha value is -3.28. The first-order valence-corrected chi connectivity index (χ1v) is 9.28. The lowest BCUT2D eigenvalue weighted by Gasteiger charge is -2.29. The Bertz CT molecular complexity index is 933. The van der Waals surface area contributed by atoms with Gasteiger partial charge in [-0.2, -0.15) is 0 Å². The highest BCUT2D eigenvalue weighted by molar-refractivity contribution is 6.07. The fraction of sp³-hybridized carbons (Fsp3) is 0.273. The van der Waals surface area contributed by atoms with E-state index in [0.29, 0.717) is 17.9 Å². The zero-order valence-corrected chi connectivity index (χ0v) is 16.6. The van der Waals surface area contributed by atoms with Crippen LogP contribution < -0.4 is 20.7 Å². The summed E-state index contributed by atoms with van der Waals surface area (Å²) >= 11 is 0. The minimum Gasteiger partial charge on any atom is -0.494 e. The van der Waals surface area contributed by atoms with Crippen molar-refractivity contribution in [1.29, 1.82) is 0 Å². The second-order valence-electron chi connectivity index (χ2n) is 6.84. The van der Waals surface area contributed by atoms with Crippen LogP contribution in [0.1, 0.15) is 36.6 Å². The normalized spacial score (nSPS) is 16.3. The monoisotopic (exact) mass is 379 g/mol. The smallest absolute Gasteiger partial charge is 0.319 e. The van der Waals surface area contributed by atoms with Crippen LogP contribution in [0.2, 0.25) is 0 Å². The van der Waals surface area contributed by atoms with Crippen LogP contribution >= 0.6 is 0 Å². The van der Waals surface area contributed by atoms with Crippen LogP contribution in [0, 0.1) is 13.8 Å². The van der Waals surface area contributed by atoms with Crippen molar-refractivity contribution >= 4 is 17.6 Å². The molecule has 1 heterocycles. The molecule has 0 saturated carbocycles. The van der Waals surface area contributed by atoms with Crippen molar-refractivity contribution in [1.82, 2.24) is 10.6 Å². The molecule has 0 bridgehead atoms. The van der Waals surface area contributed by atoms with Crippen LogP contribution in [-0.2, 0) is 4.79 Å². The summed E-state index contributed by atoms with van der Waals surface area (Å²) in [6, 6.07) is 12.4. The molecule has 146 valence electrons. The van der Waals surface area contributed by atoms with Gasteiger partial charge in [0.25, 0.3) is 5.91 Å². The van der Waals surface area contributed by atoms with E-state index in [1.165, 1.54) is 0 Å². The molecule has 0 radical (unpaired) electrons. The predicted octanol–water partition coefficient (Wildman–Crippen LogP) is 3.97. The number of hydrogen-bond acceptors (Lipinski definition) is 3. The third-order valence-corrected chi connectivity index (χ3v) is 4.68. The van der Waals surface area contributed by atoms with E-state index >= 15 is 0 Å². The fourth-order valence-corrected chi connectivity index (χ4v) is 3.23. The first-order chi connectivity index (χ1) is 13.4. The molecule has 0 aliphatic carbocycles. The van der Waals surface area contributed by atoms with Gasteiger partial charge in [0, 0.05) is 11.4 Å². The number of carbonyl (C=O) groups excluding carboxylic acids is 2. The number of rotatable bonds is 5. The Balaban J connectivity index is 1.92. The summed E-state index contributed by atoms with van der Waals surface area (Å²) in [4.78, 5) is 25.2. The zero-order valence-electron chi connectivity index (χ0n) is 16.6. The van der Waals surface area contributed by atoms with Crippen molar-refractivity contribution in [3.63, 3.8) is 0 Å². The predicted molar refractivity (Wildman–Crippen MR) is 109 cm³/mol. The van der Waals surface area contributed by atoms with E-state index in [1.807, 2.05) is 63.2 Å². The molecular weight excluding hydrogens is 354 g/mol. The third-order valence-electron chi connectivity index (χ3n) is 4.68. The molecule has 1 aliphatic rings. The Morgan fingerprint density at radius 3 is 2.50 bits per heavy atom. The van der Waals surface area contributed by atoms with Crippen LogP contribution in [0.15, 0.2) is 53.7 Å². The fourth-order valence-electron chi connectivity index (χ4n) is 3.23. The maximum Gasteiger partial charge on any atom is 0.319 e. The number of nitrogens with one attached hydrogen (secondary N) is 3. The highest BCUT2D eigenvalue weighted by Crippen LogP contribution is 2.29. The lowest BCUT2D eigenvalue weighted by atomic mass is 9.94. The summed E-state index contributed by atoms with van der Waals surface area (Å²) in [5.74, 6) is 0.492. The minimum atomic E-state index is -0.547. The minimum absolute atomic E-state index is 0.252. The van der Waals surface area contributed by atoms with Crippen molar-refractivity contribution in [3.8, 4) is 5.75 Å². The molecule has 28 heavy (non-hydrogen) atoms. The number of allylic oxidation sites excluding steroid dienone is 1. The standard InChI is InChI=1S/C22H25N3O3/c1-5-28-17-10-8-16(9-11-17)20-19(15(4)23-22(27)25-20)21(26)24-18-12-13(2)6-7-14(18)3/h6-12,20H,5H2,1-4H3,(H,24,26)(H2,23,25,27). The zero-order chi connectivity index (χ0) is 20.3. The van der Waals surface area contributed by atoms with E-state index in [-0.39, 0.29) is 11.9 Å². The number of urea groups is 1. The molecule has 0 spiro atoms. The topological polar surface area (TPSA) is 79.5 Å². The molecule has 3 amide bonds. The summed E-state index contributed by atoms with van der Waals surface area (Å²) in [5.41, 5.74) is 4.61. The van der Waals surface area contributed by atoms with E-state index in [0.717, 1.165) is 28.1 Å². The van der Waals surface area contributed by atoms with Crippen molar-refractivity contribution in [2.45, 2.75) is 33.7 Å². The number of ether oxygens (including phenoxy) is 1. The highest BCUT2D eigenvalue weighted by Gasteiger charge is 2.31. The average molecular weight is 379 g/mol. The Morgan fingerprint density at radius 1 is 1.11 bits per heavy atom. The van der Waals surface area contributed by atoms with Gasteiger partial charge in [-0.25, -0.2) is 4.79 Å². The van der Waals surface area contributed by atoms with Crippen LogP contribution in [-0.4, -0.2) is 18.5 Å². The molecule has 1 unspecified atom stereocenters. The molecule has 0 fully saturated rings. The molecule has 1 aliphatic heterocycles. The molecule has 3 rings (SSSR count). The van der Waals surface area contributed by atoms with Crippen LogP contribution in [0.5, 0.6) is 5.75 Å². The van der Waals surface area contributed by atoms with Gasteiger partial charge >= 0.3 is 6.03 Å². The first kappa shape index (κ1) is 19.5. The lowest BCUT2D eigenvalue weighted by Crippen LogP contribution is -2.46. The van der Waals surface area contributed by atoms with E-state index in [1.54, 1.807) is 6.92 Å². The highest BCUT2D eigenvalue weighted by atomic mass is 16.5. The average Bonchev–Trinajstić information content (AvgIpc) is 2.65. The van der Waals surface area contributed by atoms with Crippen molar-refractivity contribution in [3.05, 3.63) is 70.4 Å². The van der Waals surface area contributed by atoms with E-state index in [9.17, 15) is 9.59 Å². The summed E-state index contributed by atoms with van der Waals surface area (Å²) < 4.78 is 5.48.